The van der Waals surface area contributed by atoms with Crippen LogP contribution in [0.25, 0.3) is 4.72 Å². The van der Waals surface area contributed by atoms with E-state index in [0.717, 1.165) is 55.3 Å². The first-order valence-corrected chi connectivity index (χ1v) is 11.0. The second kappa shape index (κ2) is 9.01. The molecule has 2 atom stereocenters. The minimum atomic E-state index is -3.96. The van der Waals surface area contributed by atoms with Crippen LogP contribution >= 0.6 is 0 Å². The number of hydrogen-bond donors (Lipinski definition) is 1. The van der Waals surface area contributed by atoms with Crippen LogP contribution in [0.15, 0.2) is 6.07 Å². The van der Waals surface area contributed by atoms with Crippen LogP contribution in [0.3, 0.4) is 0 Å². The Balaban J connectivity index is 0.00000225. The number of nitrogens with zero attached hydrogens (tertiary/aromatic N) is 2. The minimum Gasteiger partial charge on any atom is -0.423 e. The average molecular weight is 432 g/mol. The molecule has 1 aromatic carbocycles. The molecule has 0 bridgehead atoms. The third-order valence-electron chi connectivity index (χ3n) is 6.00. The number of hydrogen-bond acceptors (Lipinski definition) is 5. The van der Waals surface area contributed by atoms with Crippen molar-refractivity contribution in [3.8, 4) is 0 Å². The molecule has 1 saturated heterocycles. The van der Waals surface area contributed by atoms with Gasteiger partial charge in [0, 0.05) is 20.2 Å². The number of amides is 2. The van der Waals surface area contributed by atoms with Gasteiger partial charge in [0.2, 0.25) is 0 Å². The van der Waals surface area contributed by atoms with Gasteiger partial charge in [-0.2, -0.15) is 0 Å². The number of methoxy groups -OCH3 is 1. The summed E-state index contributed by atoms with van der Waals surface area (Å²) in [7, 11) is -0.635. The van der Waals surface area contributed by atoms with Gasteiger partial charge >= 0.3 is 51.4 Å². The minimum absolute atomic E-state index is 0. The Labute approximate surface area is 209 Å². The molecular formula is C19H26KN3O4S. The molecule has 4 rings (SSSR count). The molecule has 7 nitrogen and oxygen atoms in total. The van der Waals surface area contributed by atoms with E-state index in [9.17, 15) is 13.2 Å². The maximum atomic E-state index is 12.7. The quantitative estimate of drug-likeness (QED) is 0.633. The van der Waals surface area contributed by atoms with Crippen molar-refractivity contribution in [2.75, 3.05) is 32.6 Å². The summed E-state index contributed by atoms with van der Waals surface area (Å²) in [6, 6.07) is 1.47. The number of anilines is 1. The summed E-state index contributed by atoms with van der Waals surface area (Å²) in [5.74, 6) is 0. The Morgan fingerprint density at radius 1 is 1.14 bits per heavy atom. The Hall–Kier alpha value is -0.00364. The van der Waals surface area contributed by atoms with E-state index >= 15 is 0 Å². The Morgan fingerprint density at radius 3 is 2.32 bits per heavy atom. The van der Waals surface area contributed by atoms with E-state index in [0.29, 0.717) is 13.1 Å². The first kappa shape index (κ1) is 22.7. The summed E-state index contributed by atoms with van der Waals surface area (Å²) in [5.41, 5.74) is 5.70. The van der Waals surface area contributed by atoms with Crippen LogP contribution in [0.4, 0.5) is 10.5 Å². The number of likely N-dealkylation sites (N-methyl/N-ethyl adjacent to an activating group) is 1. The van der Waals surface area contributed by atoms with Crippen LogP contribution in [0.1, 0.15) is 35.1 Å². The van der Waals surface area contributed by atoms with E-state index in [1.807, 2.05) is 11.9 Å². The summed E-state index contributed by atoms with van der Waals surface area (Å²) in [5, 5.41) is 2.01. The van der Waals surface area contributed by atoms with Crippen LogP contribution in [0.5, 0.6) is 0 Å². The predicted molar refractivity (Wildman–Crippen MR) is 104 cm³/mol. The number of likely N-dealkylation sites (tertiary alicyclic amines) is 1. The number of nitrogens with one attached hydrogen (secondary N) is 1. The van der Waals surface area contributed by atoms with Crippen LogP contribution < -0.4 is 56.7 Å². The monoisotopic (exact) mass is 431 g/mol. The van der Waals surface area contributed by atoms with Gasteiger partial charge < -0.3 is 19.7 Å². The Kier molecular flexibility index (Phi) is 7.30. The molecule has 1 heterocycles. The van der Waals surface area contributed by atoms with Crippen molar-refractivity contribution in [2.24, 2.45) is 0 Å². The Bertz CT molecular complexity index is 842. The molecule has 2 aliphatic carbocycles. The zero-order chi connectivity index (χ0) is 19.2. The van der Waals surface area contributed by atoms with Gasteiger partial charge in [-0.1, -0.05) is 6.07 Å². The van der Waals surface area contributed by atoms with Gasteiger partial charge in [0.25, 0.3) is 0 Å². The van der Waals surface area contributed by atoms with E-state index in [2.05, 4.69) is 16.1 Å². The topological polar surface area (TPSA) is 89.8 Å². The smallest absolute Gasteiger partial charge is 0.423 e. The maximum absolute atomic E-state index is 12.7. The van der Waals surface area contributed by atoms with Crippen molar-refractivity contribution >= 4 is 21.7 Å². The van der Waals surface area contributed by atoms with Crippen molar-refractivity contribution in [1.82, 2.24) is 4.90 Å². The SMILES string of the molecule is COC1CN(C)CC1S(=O)(=O)[N-]C(=O)Nc1c2c(cc3c1CCC3)CCC2.[K+]. The molecule has 2 amide bonds. The largest absolute Gasteiger partial charge is 1.00 e. The van der Waals surface area contributed by atoms with Crippen LogP contribution in [0, 0.1) is 0 Å². The zero-order valence-corrected chi connectivity index (χ0v) is 20.8. The summed E-state index contributed by atoms with van der Waals surface area (Å²) in [4.78, 5) is 14.4. The molecule has 3 aliphatic rings. The molecule has 148 valence electrons. The number of urea groups is 1. The average Bonchev–Trinajstić information content (AvgIpc) is 3.32. The van der Waals surface area contributed by atoms with Crippen LogP contribution in [0.2, 0.25) is 0 Å². The molecule has 0 spiro atoms. The first-order chi connectivity index (χ1) is 12.9. The van der Waals surface area contributed by atoms with Crippen LogP contribution in [-0.4, -0.2) is 57.9 Å². The third-order valence-corrected chi connectivity index (χ3v) is 7.64. The summed E-state index contributed by atoms with van der Waals surface area (Å²) < 4.78 is 34.2. The van der Waals surface area contributed by atoms with E-state index in [-0.39, 0.29) is 51.4 Å². The number of sulfonamides is 1. The third kappa shape index (κ3) is 4.37. The van der Waals surface area contributed by atoms with Crippen molar-refractivity contribution in [1.29, 1.82) is 0 Å². The van der Waals surface area contributed by atoms with Gasteiger partial charge in [0.1, 0.15) is 5.25 Å². The molecule has 0 aromatic heterocycles. The van der Waals surface area contributed by atoms with Gasteiger partial charge in [-0.25, -0.2) is 8.42 Å². The maximum Gasteiger partial charge on any atom is 1.00 e. The van der Waals surface area contributed by atoms with E-state index in [4.69, 9.17) is 4.74 Å². The molecule has 1 aliphatic heterocycles. The van der Waals surface area contributed by atoms with E-state index < -0.39 is 27.4 Å². The van der Waals surface area contributed by atoms with E-state index in [1.54, 1.807) is 0 Å². The fraction of sp³-hybridized carbons (Fsp3) is 0.632. The number of fused-ring (bicyclic) bond motifs is 2. The zero-order valence-electron chi connectivity index (χ0n) is 16.8. The van der Waals surface area contributed by atoms with Gasteiger partial charge in [0.15, 0.2) is 16.1 Å². The second-order valence-corrected chi connectivity index (χ2v) is 9.62. The van der Waals surface area contributed by atoms with Crippen molar-refractivity contribution in [3.05, 3.63) is 33.0 Å². The number of aryl methyl sites for hydroxylation is 2. The Morgan fingerprint density at radius 2 is 1.75 bits per heavy atom. The molecule has 2 unspecified atom stereocenters. The normalized spacial score (nSPS) is 23.8. The standard InChI is InChI=1S/C19H27N3O4S.K/c1-22-10-16(26-2)17(11-22)27(24,25)21-19(23)20-18-14-7-3-5-12(14)9-13-6-4-8-15(13)18;/h9,16-17H,3-8,10-11H2,1-2H3,(H2,20,21,23);/q;+1/p-1. The number of ether oxygens (including phenoxy) is 1. The molecular weight excluding hydrogens is 405 g/mol. The number of benzene rings is 1. The molecule has 28 heavy (non-hydrogen) atoms. The van der Waals surface area contributed by atoms with Gasteiger partial charge in [0.05, 0.1) is 6.10 Å². The molecule has 1 N–H and O–H groups in total. The molecule has 9 heteroatoms. The summed E-state index contributed by atoms with van der Waals surface area (Å²) in [6.45, 7) is 0.824. The van der Waals surface area contributed by atoms with Crippen molar-refractivity contribution < 1.29 is 69.3 Å². The second-order valence-electron chi connectivity index (χ2n) is 7.80. The summed E-state index contributed by atoms with van der Waals surface area (Å²) >= 11 is 0. The molecule has 0 saturated carbocycles. The van der Waals surface area contributed by atoms with E-state index in [1.165, 1.54) is 18.2 Å². The van der Waals surface area contributed by atoms with Gasteiger partial charge in [-0.15, -0.1) is 0 Å². The van der Waals surface area contributed by atoms with Crippen LogP contribution in [-0.2, 0) is 40.4 Å². The van der Waals surface area contributed by atoms with Crippen molar-refractivity contribution in [3.63, 3.8) is 0 Å². The van der Waals surface area contributed by atoms with Gasteiger partial charge in [-0.05, 0) is 73.5 Å². The molecule has 0 radical (unpaired) electrons. The molecule has 1 aromatic rings. The summed E-state index contributed by atoms with van der Waals surface area (Å²) in [6.07, 6.45) is 5.55. The number of carbonyl (C=O) groups is 1. The predicted octanol–water partition coefficient (Wildman–Crippen LogP) is -0.768. The fourth-order valence-electron chi connectivity index (χ4n) is 4.72. The number of rotatable bonds is 4. The number of carbonyl (C=O) groups excluding carboxylic acids is 1. The van der Waals surface area contributed by atoms with Gasteiger partial charge in [-0.3, -0.25) is 4.79 Å². The van der Waals surface area contributed by atoms with Crippen molar-refractivity contribution in [2.45, 2.75) is 49.9 Å². The molecule has 1 fully saturated rings. The first-order valence-electron chi connectivity index (χ1n) is 9.54. The fourth-order valence-corrected chi connectivity index (χ4v) is 6.15.